The molecular weight excluding hydrogens is 278 g/mol. The number of nitrogen functional groups attached to an aromatic ring is 1. The minimum atomic E-state index is -0.727. The Hall–Kier alpha value is -3.16. The van der Waals surface area contributed by atoms with Crippen LogP contribution in [-0.2, 0) is 0 Å². The van der Waals surface area contributed by atoms with Crippen LogP contribution in [-0.4, -0.2) is 9.85 Å². The number of nitrogens with zero attached hydrogens (tertiary/aromatic N) is 2. The van der Waals surface area contributed by atoms with Crippen LogP contribution >= 0.6 is 0 Å². The summed E-state index contributed by atoms with van der Waals surface area (Å²) in [5.74, 6) is 0.319. The molecule has 0 aliphatic carbocycles. The summed E-state index contributed by atoms with van der Waals surface area (Å²) < 4.78 is 5.47. The molecule has 0 heterocycles. The van der Waals surface area contributed by atoms with Gasteiger partial charge in [-0.3, -0.25) is 20.2 Å². The van der Waals surface area contributed by atoms with Gasteiger partial charge in [0.25, 0.3) is 5.69 Å². The van der Waals surface area contributed by atoms with Crippen molar-refractivity contribution in [3.63, 3.8) is 0 Å². The zero-order chi connectivity index (χ0) is 15.6. The third-order valence-corrected chi connectivity index (χ3v) is 2.77. The first-order valence-corrected chi connectivity index (χ1v) is 5.85. The van der Waals surface area contributed by atoms with Crippen molar-refractivity contribution in [1.29, 1.82) is 0 Å². The number of anilines is 1. The highest BCUT2D eigenvalue weighted by atomic mass is 16.6. The highest BCUT2D eigenvalue weighted by molar-refractivity contribution is 5.56. The first-order valence-electron chi connectivity index (χ1n) is 5.85. The lowest BCUT2D eigenvalue weighted by Crippen LogP contribution is -1.97. The van der Waals surface area contributed by atoms with Crippen molar-refractivity contribution in [2.75, 3.05) is 5.73 Å². The van der Waals surface area contributed by atoms with Crippen molar-refractivity contribution in [3.8, 4) is 11.5 Å². The van der Waals surface area contributed by atoms with Crippen molar-refractivity contribution in [2.45, 2.75) is 6.92 Å². The second-order valence-corrected chi connectivity index (χ2v) is 4.29. The molecule has 2 rings (SSSR count). The van der Waals surface area contributed by atoms with E-state index in [-0.39, 0.29) is 11.4 Å². The zero-order valence-corrected chi connectivity index (χ0v) is 11.0. The number of aryl methyl sites for hydroxylation is 1. The molecule has 0 aromatic heterocycles. The number of hydrogen-bond acceptors (Lipinski definition) is 6. The summed E-state index contributed by atoms with van der Waals surface area (Å²) >= 11 is 0. The number of nitro groups is 2. The van der Waals surface area contributed by atoms with E-state index in [9.17, 15) is 20.2 Å². The Morgan fingerprint density at radius 1 is 1.00 bits per heavy atom. The van der Waals surface area contributed by atoms with Crippen LogP contribution in [0.4, 0.5) is 17.1 Å². The number of nitro benzene ring substituents is 2. The molecule has 0 atom stereocenters. The SMILES string of the molecule is Cc1cc(N)ccc1Oc1ccc([N+](=O)[O-])cc1[N+](=O)[O-]. The molecule has 0 spiro atoms. The van der Waals surface area contributed by atoms with E-state index in [2.05, 4.69) is 0 Å². The number of hydrogen-bond donors (Lipinski definition) is 1. The van der Waals surface area contributed by atoms with Gasteiger partial charge in [-0.05, 0) is 36.8 Å². The molecule has 0 saturated heterocycles. The summed E-state index contributed by atoms with van der Waals surface area (Å²) in [7, 11) is 0. The molecule has 0 fully saturated rings. The Morgan fingerprint density at radius 3 is 2.24 bits per heavy atom. The number of non-ortho nitro benzene ring substituents is 1. The molecule has 0 bridgehead atoms. The molecule has 0 saturated carbocycles. The summed E-state index contributed by atoms with van der Waals surface area (Å²) in [5, 5.41) is 21.7. The maximum absolute atomic E-state index is 11.0. The molecule has 8 nitrogen and oxygen atoms in total. The highest BCUT2D eigenvalue weighted by Gasteiger charge is 2.21. The molecule has 2 aromatic carbocycles. The van der Waals surface area contributed by atoms with E-state index >= 15 is 0 Å². The largest absolute Gasteiger partial charge is 0.450 e. The first-order chi connectivity index (χ1) is 9.88. The third kappa shape index (κ3) is 3.06. The highest BCUT2D eigenvalue weighted by Crippen LogP contribution is 2.35. The van der Waals surface area contributed by atoms with Gasteiger partial charge < -0.3 is 10.5 Å². The van der Waals surface area contributed by atoms with Gasteiger partial charge in [-0.15, -0.1) is 0 Å². The van der Waals surface area contributed by atoms with Crippen molar-refractivity contribution in [3.05, 3.63) is 62.2 Å². The summed E-state index contributed by atoms with van der Waals surface area (Å²) in [6, 6.07) is 8.05. The fourth-order valence-electron chi connectivity index (χ4n) is 1.75. The predicted octanol–water partition coefficient (Wildman–Crippen LogP) is 3.19. The fourth-order valence-corrected chi connectivity index (χ4v) is 1.75. The van der Waals surface area contributed by atoms with Crippen LogP contribution in [0.5, 0.6) is 11.5 Å². The van der Waals surface area contributed by atoms with Gasteiger partial charge >= 0.3 is 5.69 Å². The molecule has 0 radical (unpaired) electrons. The van der Waals surface area contributed by atoms with Gasteiger partial charge in [-0.2, -0.15) is 0 Å². The summed E-state index contributed by atoms with van der Waals surface area (Å²) in [5.41, 5.74) is 6.01. The maximum Gasteiger partial charge on any atom is 0.318 e. The fraction of sp³-hybridized carbons (Fsp3) is 0.0769. The van der Waals surface area contributed by atoms with Crippen LogP contribution in [0.1, 0.15) is 5.56 Å². The molecular formula is C13H11N3O5. The van der Waals surface area contributed by atoms with E-state index < -0.39 is 15.5 Å². The topological polar surface area (TPSA) is 122 Å². The van der Waals surface area contributed by atoms with Crippen LogP contribution in [0.25, 0.3) is 0 Å². The van der Waals surface area contributed by atoms with Crippen LogP contribution in [0.3, 0.4) is 0 Å². The molecule has 108 valence electrons. The molecule has 0 amide bonds. The lowest BCUT2D eigenvalue weighted by molar-refractivity contribution is -0.394. The van der Waals surface area contributed by atoms with Crippen LogP contribution in [0, 0.1) is 27.2 Å². The van der Waals surface area contributed by atoms with E-state index in [1.807, 2.05) is 0 Å². The molecule has 2 aromatic rings. The normalized spacial score (nSPS) is 10.1. The standard InChI is InChI=1S/C13H11N3O5/c1-8-6-9(14)2-4-12(8)21-13-5-3-10(15(17)18)7-11(13)16(19)20/h2-7H,14H2,1H3. The molecule has 21 heavy (non-hydrogen) atoms. The van der Waals surface area contributed by atoms with Gasteiger partial charge in [-0.1, -0.05) is 0 Å². The Morgan fingerprint density at radius 2 is 1.67 bits per heavy atom. The molecule has 0 aliphatic rings. The number of rotatable bonds is 4. The molecule has 8 heteroatoms. The predicted molar refractivity (Wildman–Crippen MR) is 75.4 cm³/mol. The smallest absolute Gasteiger partial charge is 0.318 e. The van der Waals surface area contributed by atoms with Crippen molar-refractivity contribution < 1.29 is 14.6 Å². The van der Waals surface area contributed by atoms with Crippen molar-refractivity contribution in [1.82, 2.24) is 0 Å². The Bertz CT molecular complexity index is 730. The van der Waals surface area contributed by atoms with Gasteiger partial charge in [0.05, 0.1) is 15.9 Å². The van der Waals surface area contributed by atoms with E-state index in [1.165, 1.54) is 6.07 Å². The van der Waals surface area contributed by atoms with Crippen LogP contribution in [0.15, 0.2) is 36.4 Å². The average molecular weight is 289 g/mol. The molecule has 2 N–H and O–H groups in total. The Labute approximate surface area is 119 Å². The van der Waals surface area contributed by atoms with Crippen molar-refractivity contribution in [2.24, 2.45) is 0 Å². The third-order valence-electron chi connectivity index (χ3n) is 2.77. The van der Waals surface area contributed by atoms with Gasteiger partial charge in [0.2, 0.25) is 5.75 Å². The van der Waals surface area contributed by atoms with Gasteiger partial charge in [0, 0.05) is 11.8 Å². The summed E-state index contributed by atoms with van der Waals surface area (Å²) in [6.07, 6.45) is 0. The maximum atomic E-state index is 11.0. The first kappa shape index (κ1) is 14.3. The van der Waals surface area contributed by atoms with E-state index in [4.69, 9.17) is 10.5 Å². The van der Waals surface area contributed by atoms with Crippen LogP contribution in [0.2, 0.25) is 0 Å². The van der Waals surface area contributed by atoms with Gasteiger partial charge in [0.15, 0.2) is 0 Å². The quantitative estimate of drug-likeness (QED) is 0.524. The zero-order valence-electron chi connectivity index (χ0n) is 11.0. The lowest BCUT2D eigenvalue weighted by atomic mass is 10.2. The average Bonchev–Trinajstić information content (AvgIpc) is 2.41. The second-order valence-electron chi connectivity index (χ2n) is 4.29. The number of nitrogens with two attached hydrogens (primary N) is 1. The minimum absolute atomic E-state index is 0.0709. The summed E-state index contributed by atoms with van der Waals surface area (Å²) in [6.45, 7) is 1.74. The second kappa shape index (κ2) is 5.45. The lowest BCUT2D eigenvalue weighted by Gasteiger charge is -2.09. The van der Waals surface area contributed by atoms with Gasteiger partial charge in [-0.25, -0.2) is 0 Å². The Kier molecular flexibility index (Phi) is 3.70. The number of benzene rings is 2. The van der Waals surface area contributed by atoms with E-state index in [1.54, 1.807) is 25.1 Å². The Balaban J connectivity index is 2.44. The van der Waals surface area contributed by atoms with E-state index in [0.29, 0.717) is 17.0 Å². The minimum Gasteiger partial charge on any atom is -0.450 e. The summed E-state index contributed by atoms with van der Waals surface area (Å²) in [4.78, 5) is 20.2. The molecule has 0 aliphatic heterocycles. The van der Waals surface area contributed by atoms with E-state index in [0.717, 1.165) is 12.1 Å². The number of ether oxygens (including phenoxy) is 1. The monoisotopic (exact) mass is 289 g/mol. The molecule has 0 unspecified atom stereocenters. The van der Waals surface area contributed by atoms with Crippen molar-refractivity contribution >= 4 is 17.1 Å². The van der Waals surface area contributed by atoms with Crippen LogP contribution < -0.4 is 10.5 Å². The van der Waals surface area contributed by atoms with Gasteiger partial charge in [0.1, 0.15) is 5.75 Å².